The summed E-state index contributed by atoms with van der Waals surface area (Å²) in [7, 11) is 0. The van der Waals surface area contributed by atoms with Crippen LogP contribution in [-0.2, 0) is 6.18 Å². The SMILES string of the molecule is CC1=NC(=NC(c2ccc(C(F)(F)F)cc2)C(F)(F)F)NC(C)(NC2CCC(CO)C2)C1c1nc2c(C)nccc2s1. The van der Waals surface area contributed by atoms with E-state index in [2.05, 4.69) is 25.6 Å². The summed E-state index contributed by atoms with van der Waals surface area (Å²) in [6, 6.07) is 2.17. The van der Waals surface area contributed by atoms with E-state index in [9.17, 15) is 31.4 Å². The number of benzene rings is 1. The van der Waals surface area contributed by atoms with E-state index in [1.165, 1.54) is 11.3 Å². The molecule has 1 aliphatic carbocycles. The lowest BCUT2D eigenvalue weighted by molar-refractivity contribution is -0.148. The highest BCUT2D eigenvalue weighted by atomic mass is 32.1. The van der Waals surface area contributed by atoms with E-state index < -0.39 is 41.1 Å². The average Bonchev–Trinajstić information content (AvgIpc) is 3.53. The van der Waals surface area contributed by atoms with E-state index in [1.807, 2.05) is 19.9 Å². The fourth-order valence-electron chi connectivity index (χ4n) is 5.82. The van der Waals surface area contributed by atoms with Gasteiger partial charge in [-0.05, 0) is 69.7 Å². The summed E-state index contributed by atoms with van der Waals surface area (Å²) in [4.78, 5) is 17.5. The van der Waals surface area contributed by atoms with Gasteiger partial charge in [-0.3, -0.25) is 10.3 Å². The van der Waals surface area contributed by atoms with E-state index in [0.29, 0.717) is 29.3 Å². The first-order chi connectivity index (χ1) is 19.7. The average molecular weight is 613 g/mol. The van der Waals surface area contributed by atoms with Gasteiger partial charge in [0, 0.05) is 24.6 Å². The third-order valence-electron chi connectivity index (χ3n) is 7.82. The number of alkyl halides is 6. The van der Waals surface area contributed by atoms with Crippen LogP contribution in [0.5, 0.6) is 0 Å². The topological polar surface area (TPSA) is 94.8 Å². The second kappa shape index (κ2) is 11.2. The van der Waals surface area contributed by atoms with Crippen LogP contribution in [-0.4, -0.2) is 51.2 Å². The number of fused-ring (bicyclic) bond motifs is 1. The summed E-state index contributed by atoms with van der Waals surface area (Å²) in [5.41, 5.74) is -0.625. The predicted molar refractivity (Wildman–Crippen MR) is 149 cm³/mol. The molecule has 5 unspecified atom stereocenters. The lowest BCUT2D eigenvalue weighted by Gasteiger charge is -2.43. The van der Waals surface area contributed by atoms with E-state index in [4.69, 9.17) is 4.98 Å². The summed E-state index contributed by atoms with van der Waals surface area (Å²) < 4.78 is 82.7. The van der Waals surface area contributed by atoms with Crippen molar-refractivity contribution in [2.45, 2.75) is 76.1 Å². The molecule has 0 amide bonds. The van der Waals surface area contributed by atoms with Gasteiger partial charge in [0.1, 0.15) is 16.2 Å². The molecule has 5 atom stereocenters. The monoisotopic (exact) mass is 612 g/mol. The molecule has 5 rings (SSSR count). The number of aliphatic hydroxyl groups is 1. The molecule has 42 heavy (non-hydrogen) atoms. The van der Waals surface area contributed by atoms with Gasteiger partial charge in [-0.15, -0.1) is 11.3 Å². The van der Waals surface area contributed by atoms with Crippen LogP contribution >= 0.6 is 11.3 Å². The van der Waals surface area contributed by atoms with Crippen molar-refractivity contribution in [3.63, 3.8) is 0 Å². The van der Waals surface area contributed by atoms with Gasteiger partial charge >= 0.3 is 12.4 Å². The van der Waals surface area contributed by atoms with E-state index >= 15 is 0 Å². The van der Waals surface area contributed by atoms with Crippen molar-refractivity contribution in [3.8, 4) is 0 Å². The Bertz CT molecular complexity index is 1500. The standard InChI is InChI=1S/C28H30F6N6OS/c1-14-21(24-37-22-15(2)35-11-10-20(22)42-24)26(3,39-19-9-4-16(12-19)13-41)40-25(36-14)38-23(28(32,33)34)17-5-7-18(8-6-17)27(29,30)31/h5-8,10-11,16,19,21,23,39,41H,4,9,12-13H2,1-3H3,(H,38,40). The van der Waals surface area contributed by atoms with Crippen molar-refractivity contribution in [1.29, 1.82) is 0 Å². The molecule has 1 aromatic carbocycles. The molecule has 2 aromatic heterocycles. The van der Waals surface area contributed by atoms with Gasteiger partial charge in [0.2, 0.25) is 5.96 Å². The summed E-state index contributed by atoms with van der Waals surface area (Å²) in [5.74, 6) is -0.671. The fourth-order valence-corrected chi connectivity index (χ4v) is 7.13. The first kappa shape index (κ1) is 30.4. The number of nitrogens with one attached hydrogen (secondary N) is 2. The van der Waals surface area contributed by atoms with Crippen LogP contribution < -0.4 is 10.6 Å². The van der Waals surface area contributed by atoms with Crippen molar-refractivity contribution in [2.75, 3.05) is 6.61 Å². The molecule has 0 bridgehead atoms. The van der Waals surface area contributed by atoms with Gasteiger partial charge in [-0.1, -0.05) is 12.1 Å². The number of nitrogens with zero attached hydrogens (tertiary/aromatic N) is 4. The first-order valence-electron chi connectivity index (χ1n) is 13.4. The number of guanidine groups is 1. The quantitative estimate of drug-likeness (QED) is 0.285. The van der Waals surface area contributed by atoms with Crippen LogP contribution in [0.3, 0.4) is 0 Å². The number of aryl methyl sites for hydroxylation is 1. The van der Waals surface area contributed by atoms with Crippen LogP contribution in [0, 0.1) is 12.8 Å². The van der Waals surface area contributed by atoms with Crippen LogP contribution in [0.15, 0.2) is 46.5 Å². The molecule has 2 aliphatic rings. The number of pyridine rings is 1. The van der Waals surface area contributed by atoms with Crippen LogP contribution in [0.2, 0.25) is 0 Å². The van der Waals surface area contributed by atoms with Crippen LogP contribution in [0.1, 0.15) is 66.9 Å². The summed E-state index contributed by atoms with van der Waals surface area (Å²) >= 11 is 1.44. The molecule has 3 aromatic rings. The number of aliphatic imine (C=N–C) groups is 2. The molecule has 226 valence electrons. The minimum atomic E-state index is -4.89. The van der Waals surface area contributed by atoms with E-state index in [0.717, 1.165) is 40.9 Å². The number of rotatable bonds is 6. The molecular weight excluding hydrogens is 582 g/mol. The zero-order valence-electron chi connectivity index (χ0n) is 23.0. The fraction of sp³-hybridized carbons (Fsp3) is 0.500. The van der Waals surface area contributed by atoms with Gasteiger partial charge in [0.25, 0.3) is 0 Å². The molecule has 14 heteroatoms. The summed E-state index contributed by atoms with van der Waals surface area (Å²) in [6.07, 6.45) is -5.64. The van der Waals surface area contributed by atoms with Gasteiger partial charge in [0.05, 0.1) is 21.9 Å². The Morgan fingerprint density at radius 2 is 1.83 bits per heavy atom. The Kier molecular flexibility index (Phi) is 8.09. The highest BCUT2D eigenvalue weighted by molar-refractivity contribution is 7.18. The van der Waals surface area contributed by atoms with E-state index in [-0.39, 0.29) is 24.5 Å². The van der Waals surface area contributed by atoms with Crippen molar-refractivity contribution in [1.82, 2.24) is 20.6 Å². The molecule has 7 nitrogen and oxygen atoms in total. The molecule has 1 saturated carbocycles. The molecule has 3 heterocycles. The largest absolute Gasteiger partial charge is 0.416 e. The minimum Gasteiger partial charge on any atom is -0.396 e. The maximum atomic E-state index is 14.2. The van der Waals surface area contributed by atoms with Crippen molar-refractivity contribution < 1.29 is 31.4 Å². The lowest BCUT2D eigenvalue weighted by Crippen LogP contribution is -2.66. The second-order valence-corrected chi connectivity index (χ2v) is 12.1. The molecule has 0 radical (unpaired) electrons. The number of hydrogen-bond donors (Lipinski definition) is 3. The third-order valence-corrected chi connectivity index (χ3v) is 8.91. The maximum absolute atomic E-state index is 14.2. The Morgan fingerprint density at radius 1 is 1.12 bits per heavy atom. The predicted octanol–water partition coefficient (Wildman–Crippen LogP) is 6.29. The number of aliphatic hydroxyl groups excluding tert-OH is 1. The molecule has 1 fully saturated rings. The molecule has 1 aliphatic heterocycles. The summed E-state index contributed by atoms with van der Waals surface area (Å²) in [5, 5.41) is 17.0. The van der Waals surface area contributed by atoms with Gasteiger partial charge in [-0.25, -0.2) is 15.0 Å². The van der Waals surface area contributed by atoms with Gasteiger partial charge < -0.3 is 10.4 Å². The minimum absolute atomic E-state index is 0.0413. The number of thiazole rings is 1. The van der Waals surface area contributed by atoms with Crippen molar-refractivity contribution in [2.24, 2.45) is 15.9 Å². The van der Waals surface area contributed by atoms with Crippen LogP contribution in [0.25, 0.3) is 10.2 Å². The number of aromatic nitrogens is 2. The molecule has 0 spiro atoms. The zero-order valence-corrected chi connectivity index (χ0v) is 23.8. The number of halogens is 6. The zero-order chi connectivity index (χ0) is 30.4. The second-order valence-electron chi connectivity index (χ2n) is 11.0. The number of hydrogen-bond acceptors (Lipinski definition) is 6. The maximum Gasteiger partial charge on any atom is 0.416 e. The van der Waals surface area contributed by atoms with E-state index in [1.54, 1.807) is 13.1 Å². The smallest absolute Gasteiger partial charge is 0.396 e. The Balaban J connectivity index is 1.56. The van der Waals surface area contributed by atoms with Crippen LogP contribution in [0.4, 0.5) is 26.3 Å². The van der Waals surface area contributed by atoms with Gasteiger partial charge in [0.15, 0.2) is 6.04 Å². The highest BCUT2D eigenvalue weighted by Gasteiger charge is 2.47. The van der Waals surface area contributed by atoms with Crippen molar-refractivity contribution in [3.05, 3.63) is 58.4 Å². The molecule has 0 saturated heterocycles. The Morgan fingerprint density at radius 3 is 2.43 bits per heavy atom. The third kappa shape index (κ3) is 6.16. The first-order valence-corrected chi connectivity index (χ1v) is 14.2. The summed E-state index contributed by atoms with van der Waals surface area (Å²) in [6.45, 7) is 5.41. The highest BCUT2D eigenvalue weighted by Crippen LogP contribution is 2.41. The molecule has 3 N–H and O–H groups in total. The van der Waals surface area contributed by atoms with Gasteiger partial charge in [-0.2, -0.15) is 26.3 Å². The Labute approximate surface area is 242 Å². The Hall–Kier alpha value is -3.10. The van der Waals surface area contributed by atoms with Crippen molar-refractivity contribution >= 4 is 33.2 Å². The molecular formula is C28H30F6N6OS. The normalized spacial score (nSPS) is 26.9. The lowest BCUT2D eigenvalue weighted by atomic mass is 9.87.